The zero-order valence-electron chi connectivity index (χ0n) is 23.9. The molecule has 7 nitrogen and oxygen atoms in total. The first-order valence-electron chi connectivity index (χ1n) is 14.1. The van der Waals surface area contributed by atoms with E-state index in [2.05, 4.69) is 5.32 Å². The van der Waals surface area contributed by atoms with Gasteiger partial charge in [-0.05, 0) is 60.7 Å². The van der Waals surface area contributed by atoms with Gasteiger partial charge in [0.1, 0.15) is 12.6 Å². The molecule has 0 bridgehead atoms. The Morgan fingerprint density at radius 2 is 1.57 bits per heavy atom. The minimum absolute atomic E-state index is 0.0404. The van der Waals surface area contributed by atoms with Crippen LogP contribution in [0.15, 0.2) is 72.8 Å². The van der Waals surface area contributed by atoms with E-state index in [4.69, 9.17) is 23.2 Å². The molecular formula is C32H37Cl2N3O4S. The van der Waals surface area contributed by atoms with E-state index in [0.717, 1.165) is 53.8 Å². The van der Waals surface area contributed by atoms with Crippen LogP contribution in [-0.2, 0) is 32.6 Å². The van der Waals surface area contributed by atoms with Gasteiger partial charge in [-0.2, -0.15) is 0 Å². The first-order valence-corrected chi connectivity index (χ1v) is 16.7. The standard InChI is InChI=1S/C32H37Cl2N3O4S/c1-23-28(34)14-9-15-29(23)37(42(2,40)41)22-31(38)36(21-25-16-18-26(33)19-17-25)30(20-24-10-5-3-6-11-24)32(39)35-27-12-7-4-8-13-27/h3,5-6,9-11,14-19,27,30H,4,7-8,12-13,20-22H2,1-2H3,(H,35,39). The van der Waals surface area contributed by atoms with Gasteiger partial charge in [-0.15, -0.1) is 0 Å². The highest BCUT2D eigenvalue weighted by molar-refractivity contribution is 7.92. The van der Waals surface area contributed by atoms with Crippen molar-refractivity contribution in [1.82, 2.24) is 10.2 Å². The summed E-state index contributed by atoms with van der Waals surface area (Å²) in [6, 6.07) is 20.7. The van der Waals surface area contributed by atoms with E-state index in [0.29, 0.717) is 21.3 Å². The van der Waals surface area contributed by atoms with Crippen molar-refractivity contribution < 1.29 is 18.0 Å². The van der Waals surface area contributed by atoms with Crippen LogP contribution in [0.3, 0.4) is 0 Å². The topological polar surface area (TPSA) is 86.8 Å². The van der Waals surface area contributed by atoms with Crippen molar-refractivity contribution in [3.63, 3.8) is 0 Å². The Balaban J connectivity index is 1.73. The molecule has 0 heterocycles. The highest BCUT2D eigenvalue weighted by Gasteiger charge is 2.34. The second-order valence-electron chi connectivity index (χ2n) is 10.9. The maximum absolute atomic E-state index is 14.3. The van der Waals surface area contributed by atoms with Crippen LogP contribution in [-0.4, -0.2) is 50.0 Å². The summed E-state index contributed by atoms with van der Waals surface area (Å²) < 4.78 is 27.1. The third-order valence-corrected chi connectivity index (χ3v) is 9.46. The molecule has 0 radical (unpaired) electrons. The van der Waals surface area contributed by atoms with Crippen molar-refractivity contribution in [3.05, 3.63) is 99.5 Å². The van der Waals surface area contributed by atoms with Crippen molar-refractivity contribution >= 4 is 50.7 Å². The number of hydrogen-bond acceptors (Lipinski definition) is 4. The number of benzene rings is 3. The molecule has 3 aromatic rings. The van der Waals surface area contributed by atoms with Gasteiger partial charge in [0.15, 0.2) is 0 Å². The summed E-state index contributed by atoms with van der Waals surface area (Å²) in [6.07, 6.45) is 6.35. The lowest BCUT2D eigenvalue weighted by Crippen LogP contribution is -2.55. The number of hydrogen-bond donors (Lipinski definition) is 1. The van der Waals surface area contributed by atoms with Gasteiger partial charge in [0, 0.05) is 29.1 Å². The summed E-state index contributed by atoms with van der Waals surface area (Å²) in [5, 5.41) is 4.14. The Morgan fingerprint density at radius 3 is 2.21 bits per heavy atom. The summed E-state index contributed by atoms with van der Waals surface area (Å²) in [6.45, 7) is 1.31. The number of rotatable bonds is 11. The van der Waals surface area contributed by atoms with Gasteiger partial charge < -0.3 is 10.2 Å². The molecule has 1 atom stereocenters. The normalized spacial score (nSPS) is 14.7. The molecule has 2 amide bonds. The van der Waals surface area contributed by atoms with Crippen molar-refractivity contribution in [3.8, 4) is 0 Å². The average molecular weight is 631 g/mol. The zero-order chi connectivity index (χ0) is 30.3. The molecule has 4 rings (SSSR count). The summed E-state index contributed by atoms with van der Waals surface area (Å²) >= 11 is 12.4. The van der Waals surface area contributed by atoms with Gasteiger partial charge in [-0.3, -0.25) is 13.9 Å². The highest BCUT2D eigenvalue weighted by Crippen LogP contribution is 2.29. The van der Waals surface area contributed by atoms with Crippen molar-refractivity contribution in [2.75, 3.05) is 17.1 Å². The lowest BCUT2D eigenvalue weighted by molar-refractivity contribution is -0.140. The van der Waals surface area contributed by atoms with Crippen LogP contribution in [0.2, 0.25) is 10.0 Å². The number of amides is 2. The van der Waals surface area contributed by atoms with Gasteiger partial charge in [0.25, 0.3) is 0 Å². The number of nitrogens with one attached hydrogen (secondary N) is 1. The predicted octanol–water partition coefficient (Wildman–Crippen LogP) is 6.16. The first-order chi connectivity index (χ1) is 20.0. The lowest BCUT2D eigenvalue weighted by atomic mass is 9.94. The van der Waals surface area contributed by atoms with Crippen LogP contribution in [0.1, 0.15) is 48.8 Å². The Hall–Kier alpha value is -3.07. The van der Waals surface area contributed by atoms with E-state index in [1.165, 1.54) is 4.90 Å². The first kappa shape index (κ1) is 31.9. The Kier molecular flexibility index (Phi) is 10.9. The monoisotopic (exact) mass is 629 g/mol. The molecule has 1 fully saturated rings. The van der Waals surface area contributed by atoms with Gasteiger partial charge in [-0.25, -0.2) is 8.42 Å². The molecule has 42 heavy (non-hydrogen) atoms. The van der Waals surface area contributed by atoms with Crippen molar-refractivity contribution in [1.29, 1.82) is 0 Å². The fourth-order valence-corrected chi connectivity index (χ4v) is 6.54. The van der Waals surface area contributed by atoms with E-state index in [-0.39, 0.29) is 24.9 Å². The molecule has 0 aliphatic heterocycles. The second kappa shape index (κ2) is 14.4. The van der Waals surface area contributed by atoms with Crippen LogP contribution in [0.25, 0.3) is 0 Å². The molecule has 0 aromatic heterocycles. The third-order valence-electron chi connectivity index (χ3n) is 7.68. The molecule has 224 valence electrons. The van der Waals surface area contributed by atoms with Gasteiger partial charge in [-0.1, -0.05) is 91.0 Å². The fraction of sp³-hybridized carbons (Fsp3) is 0.375. The molecule has 0 spiro atoms. The second-order valence-corrected chi connectivity index (χ2v) is 13.6. The van der Waals surface area contributed by atoms with Crippen LogP contribution in [0.4, 0.5) is 5.69 Å². The minimum atomic E-state index is -3.88. The fourth-order valence-electron chi connectivity index (χ4n) is 5.35. The average Bonchev–Trinajstić information content (AvgIpc) is 2.96. The van der Waals surface area contributed by atoms with E-state index in [1.54, 1.807) is 49.4 Å². The Labute approximate surface area is 258 Å². The Bertz CT molecular complexity index is 1480. The smallest absolute Gasteiger partial charge is 0.244 e. The molecule has 1 saturated carbocycles. The molecule has 1 aliphatic rings. The zero-order valence-corrected chi connectivity index (χ0v) is 26.3. The molecule has 3 aromatic carbocycles. The van der Waals surface area contributed by atoms with Gasteiger partial charge in [0.05, 0.1) is 11.9 Å². The van der Waals surface area contributed by atoms with Crippen molar-refractivity contribution in [2.24, 2.45) is 0 Å². The lowest BCUT2D eigenvalue weighted by Gasteiger charge is -2.35. The summed E-state index contributed by atoms with van der Waals surface area (Å²) in [5.41, 5.74) is 2.51. The van der Waals surface area contributed by atoms with E-state index in [1.807, 2.05) is 30.3 Å². The molecule has 10 heteroatoms. The summed E-state index contributed by atoms with van der Waals surface area (Å²) in [4.78, 5) is 29.7. The SMILES string of the molecule is Cc1c(Cl)cccc1N(CC(=O)N(Cc1ccc(Cl)cc1)C(Cc1ccccc1)C(=O)NC1CCCCC1)S(C)(=O)=O. The quantitative estimate of drug-likeness (QED) is 0.275. The van der Waals surface area contributed by atoms with Gasteiger partial charge in [0.2, 0.25) is 21.8 Å². The highest BCUT2D eigenvalue weighted by atomic mass is 35.5. The van der Waals surface area contributed by atoms with E-state index >= 15 is 0 Å². The largest absolute Gasteiger partial charge is 0.352 e. The predicted molar refractivity (Wildman–Crippen MR) is 169 cm³/mol. The molecule has 1 aliphatic carbocycles. The number of sulfonamides is 1. The Morgan fingerprint density at radius 1 is 0.905 bits per heavy atom. The van der Waals surface area contributed by atoms with Gasteiger partial charge >= 0.3 is 0 Å². The maximum Gasteiger partial charge on any atom is 0.244 e. The van der Waals surface area contributed by atoms with Crippen LogP contribution in [0, 0.1) is 6.92 Å². The molecule has 1 unspecified atom stereocenters. The number of carbonyl (C=O) groups is 2. The minimum Gasteiger partial charge on any atom is -0.352 e. The van der Waals surface area contributed by atoms with Crippen LogP contribution < -0.4 is 9.62 Å². The van der Waals surface area contributed by atoms with E-state index in [9.17, 15) is 18.0 Å². The number of nitrogens with zero attached hydrogens (tertiary/aromatic N) is 2. The van der Waals surface area contributed by atoms with Crippen LogP contribution in [0.5, 0.6) is 0 Å². The summed E-state index contributed by atoms with van der Waals surface area (Å²) in [7, 11) is -3.88. The van der Waals surface area contributed by atoms with Crippen LogP contribution >= 0.6 is 23.2 Å². The van der Waals surface area contributed by atoms with Crippen molar-refractivity contribution in [2.45, 2.75) is 64.1 Å². The molecule has 0 saturated heterocycles. The number of carbonyl (C=O) groups excluding carboxylic acids is 2. The molecular weight excluding hydrogens is 593 g/mol. The molecule has 1 N–H and O–H groups in total. The third kappa shape index (κ3) is 8.49. The number of halogens is 2. The maximum atomic E-state index is 14.3. The summed E-state index contributed by atoms with van der Waals surface area (Å²) in [5.74, 6) is -0.757. The number of anilines is 1. The van der Waals surface area contributed by atoms with E-state index < -0.39 is 28.5 Å².